The van der Waals surface area contributed by atoms with Crippen molar-refractivity contribution in [1.29, 1.82) is 0 Å². The highest BCUT2D eigenvalue weighted by molar-refractivity contribution is 5.92. The molecule has 33 heavy (non-hydrogen) atoms. The number of esters is 1. The smallest absolute Gasteiger partial charge is 0.342 e. The van der Waals surface area contributed by atoms with Gasteiger partial charge < -0.3 is 9.47 Å². The molecule has 0 bridgehead atoms. The standard InChI is InChI=1S/C30H44O3/c1-2-3-4-5-6-7-8-9-10-11-12-13-14-20-25-32-29-24-19-18-23-28(29)30(31)33-26-27-21-16-15-17-22-27/h15-19,21-24H,2-14,20,25-26H2,1H3. The largest absolute Gasteiger partial charge is 0.493 e. The highest BCUT2D eigenvalue weighted by Crippen LogP contribution is 2.20. The third-order valence-corrected chi connectivity index (χ3v) is 6.08. The third-order valence-electron chi connectivity index (χ3n) is 6.08. The maximum Gasteiger partial charge on any atom is 0.342 e. The van der Waals surface area contributed by atoms with Crippen molar-refractivity contribution in [2.75, 3.05) is 6.61 Å². The number of hydrogen-bond acceptors (Lipinski definition) is 3. The van der Waals surface area contributed by atoms with Crippen molar-refractivity contribution in [3.63, 3.8) is 0 Å². The van der Waals surface area contributed by atoms with Crippen molar-refractivity contribution in [2.24, 2.45) is 0 Å². The summed E-state index contributed by atoms with van der Waals surface area (Å²) in [6, 6.07) is 17.1. The lowest BCUT2D eigenvalue weighted by molar-refractivity contribution is 0.0468. The second-order valence-corrected chi connectivity index (χ2v) is 9.00. The first-order valence-corrected chi connectivity index (χ1v) is 13.2. The Morgan fingerprint density at radius 1 is 0.636 bits per heavy atom. The van der Waals surface area contributed by atoms with E-state index in [-0.39, 0.29) is 12.6 Å². The van der Waals surface area contributed by atoms with E-state index in [2.05, 4.69) is 6.92 Å². The van der Waals surface area contributed by atoms with E-state index >= 15 is 0 Å². The average Bonchev–Trinajstić information content (AvgIpc) is 2.86. The Morgan fingerprint density at radius 2 is 1.15 bits per heavy atom. The molecule has 182 valence electrons. The minimum absolute atomic E-state index is 0.271. The Balaban J connectivity index is 1.50. The molecular weight excluding hydrogens is 408 g/mol. The number of para-hydroxylation sites is 1. The van der Waals surface area contributed by atoms with Gasteiger partial charge in [-0.2, -0.15) is 0 Å². The van der Waals surface area contributed by atoms with Gasteiger partial charge in [-0.05, 0) is 24.1 Å². The summed E-state index contributed by atoms with van der Waals surface area (Å²) in [5.74, 6) is 0.278. The van der Waals surface area contributed by atoms with Crippen LogP contribution in [0.15, 0.2) is 54.6 Å². The molecule has 0 saturated carbocycles. The molecule has 2 aromatic rings. The fourth-order valence-corrected chi connectivity index (χ4v) is 4.04. The van der Waals surface area contributed by atoms with E-state index in [4.69, 9.17) is 9.47 Å². The third kappa shape index (κ3) is 12.5. The Hall–Kier alpha value is -2.29. The number of carbonyl (C=O) groups excluding carboxylic acids is 1. The van der Waals surface area contributed by atoms with Crippen LogP contribution in [0.25, 0.3) is 0 Å². The predicted molar refractivity (Wildman–Crippen MR) is 138 cm³/mol. The van der Waals surface area contributed by atoms with Crippen LogP contribution in [-0.4, -0.2) is 12.6 Å². The summed E-state index contributed by atoms with van der Waals surface area (Å²) in [6.45, 7) is 3.19. The monoisotopic (exact) mass is 452 g/mol. The van der Waals surface area contributed by atoms with Crippen molar-refractivity contribution in [2.45, 2.75) is 103 Å². The quantitative estimate of drug-likeness (QED) is 0.158. The highest BCUT2D eigenvalue weighted by atomic mass is 16.5. The van der Waals surface area contributed by atoms with Crippen LogP contribution >= 0.6 is 0 Å². The van der Waals surface area contributed by atoms with Gasteiger partial charge in [0, 0.05) is 0 Å². The van der Waals surface area contributed by atoms with Crippen LogP contribution in [0.4, 0.5) is 0 Å². The van der Waals surface area contributed by atoms with Gasteiger partial charge in [0.15, 0.2) is 0 Å². The molecule has 0 aliphatic carbocycles. The van der Waals surface area contributed by atoms with Gasteiger partial charge in [0.2, 0.25) is 0 Å². The number of rotatable bonds is 19. The maximum absolute atomic E-state index is 12.5. The van der Waals surface area contributed by atoms with Crippen LogP contribution in [0.2, 0.25) is 0 Å². The van der Waals surface area contributed by atoms with Crippen LogP contribution < -0.4 is 4.74 Å². The van der Waals surface area contributed by atoms with Crippen molar-refractivity contribution in [3.05, 3.63) is 65.7 Å². The van der Waals surface area contributed by atoms with Crippen molar-refractivity contribution in [3.8, 4) is 5.75 Å². The lowest BCUT2D eigenvalue weighted by Crippen LogP contribution is -2.08. The van der Waals surface area contributed by atoms with Crippen LogP contribution in [0.3, 0.4) is 0 Å². The number of hydrogen-bond donors (Lipinski definition) is 0. The molecule has 3 nitrogen and oxygen atoms in total. The Kier molecular flexibility index (Phi) is 14.8. The van der Waals surface area contributed by atoms with E-state index in [9.17, 15) is 4.79 Å². The SMILES string of the molecule is CCCCCCCCCCCCCCCCOc1ccccc1C(=O)OCc1ccccc1. The second kappa shape index (κ2) is 18.2. The zero-order chi connectivity index (χ0) is 23.4. The van der Waals surface area contributed by atoms with Gasteiger partial charge >= 0.3 is 5.97 Å². The predicted octanol–water partition coefficient (Wildman–Crippen LogP) is 8.90. The highest BCUT2D eigenvalue weighted by Gasteiger charge is 2.13. The first-order chi connectivity index (χ1) is 16.3. The van der Waals surface area contributed by atoms with Crippen molar-refractivity contribution >= 4 is 5.97 Å². The number of unbranched alkanes of at least 4 members (excludes halogenated alkanes) is 13. The first-order valence-electron chi connectivity index (χ1n) is 13.2. The van der Waals surface area contributed by atoms with Gasteiger partial charge in [0.1, 0.15) is 17.9 Å². The van der Waals surface area contributed by atoms with E-state index in [1.807, 2.05) is 48.5 Å². The minimum atomic E-state index is -0.338. The minimum Gasteiger partial charge on any atom is -0.493 e. The van der Waals surface area contributed by atoms with Crippen LogP contribution in [0.5, 0.6) is 5.75 Å². The molecule has 0 radical (unpaired) electrons. The van der Waals surface area contributed by atoms with E-state index < -0.39 is 0 Å². The first kappa shape index (κ1) is 27.0. The molecule has 0 aliphatic heterocycles. The molecule has 0 heterocycles. The fourth-order valence-electron chi connectivity index (χ4n) is 4.04. The summed E-state index contributed by atoms with van der Waals surface area (Å²) in [5.41, 5.74) is 1.48. The van der Waals surface area contributed by atoms with Gasteiger partial charge in [0.05, 0.1) is 6.61 Å². The molecule has 0 aliphatic rings. The topological polar surface area (TPSA) is 35.5 Å². The van der Waals surface area contributed by atoms with Gasteiger partial charge in [0.25, 0.3) is 0 Å². The van der Waals surface area contributed by atoms with Crippen LogP contribution in [0, 0.1) is 0 Å². The Morgan fingerprint density at radius 3 is 1.76 bits per heavy atom. The molecule has 0 atom stereocenters. The molecule has 3 heteroatoms. The molecule has 0 spiro atoms. The number of benzene rings is 2. The molecule has 2 aromatic carbocycles. The van der Waals surface area contributed by atoms with Gasteiger partial charge in [-0.25, -0.2) is 4.79 Å². The molecule has 0 amide bonds. The summed E-state index contributed by atoms with van der Waals surface area (Å²) < 4.78 is 11.4. The molecule has 0 unspecified atom stereocenters. The second-order valence-electron chi connectivity index (χ2n) is 9.00. The van der Waals surface area contributed by atoms with Gasteiger partial charge in [-0.3, -0.25) is 0 Å². The molecule has 0 N–H and O–H groups in total. The van der Waals surface area contributed by atoms with Crippen molar-refractivity contribution < 1.29 is 14.3 Å². The van der Waals surface area contributed by atoms with Crippen LogP contribution in [-0.2, 0) is 11.3 Å². The molecule has 0 aromatic heterocycles. The van der Waals surface area contributed by atoms with E-state index in [1.54, 1.807) is 6.07 Å². The van der Waals surface area contributed by atoms with Gasteiger partial charge in [-0.15, -0.1) is 0 Å². The summed E-state index contributed by atoms with van der Waals surface area (Å²) in [4.78, 5) is 12.5. The zero-order valence-corrected chi connectivity index (χ0v) is 20.7. The molecule has 0 fully saturated rings. The summed E-state index contributed by atoms with van der Waals surface area (Å²) in [6.07, 6.45) is 18.7. The summed E-state index contributed by atoms with van der Waals surface area (Å²) >= 11 is 0. The zero-order valence-electron chi connectivity index (χ0n) is 20.7. The van der Waals surface area contributed by atoms with E-state index in [0.29, 0.717) is 17.9 Å². The van der Waals surface area contributed by atoms with E-state index in [0.717, 1.165) is 12.0 Å². The molecular formula is C30H44O3. The number of ether oxygens (including phenoxy) is 2. The van der Waals surface area contributed by atoms with Crippen LogP contribution in [0.1, 0.15) is 113 Å². The maximum atomic E-state index is 12.5. The normalized spacial score (nSPS) is 10.8. The fraction of sp³-hybridized carbons (Fsp3) is 0.567. The Labute approximate surface area is 201 Å². The number of carbonyl (C=O) groups is 1. The van der Waals surface area contributed by atoms with Gasteiger partial charge in [-0.1, -0.05) is 133 Å². The molecule has 0 saturated heterocycles. The lowest BCUT2D eigenvalue weighted by Gasteiger charge is -2.11. The summed E-state index contributed by atoms with van der Waals surface area (Å²) in [5, 5.41) is 0. The summed E-state index contributed by atoms with van der Waals surface area (Å²) in [7, 11) is 0. The molecule has 2 rings (SSSR count). The Bertz CT molecular complexity index is 741. The van der Waals surface area contributed by atoms with Crippen molar-refractivity contribution in [1.82, 2.24) is 0 Å². The lowest BCUT2D eigenvalue weighted by atomic mass is 10.0. The average molecular weight is 453 g/mol. The van der Waals surface area contributed by atoms with E-state index in [1.165, 1.54) is 83.5 Å².